The minimum absolute atomic E-state index is 0.109. The first-order valence-corrected chi connectivity index (χ1v) is 8.66. The van der Waals surface area contributed by atoms with Gasteiger partial charge in [0.05, 0.1) is 17.7 Å². The minimum Gasteiger partial charge on any atom is -0.457 e. The number of nitrogens with zero attached hydrogens (tertiary/aromatic N) is 1. The second-order valence-electron chi connectivity index (χ2n) is 6.37. The highest BCUT2D eigenvalue weighted by atomic mass is 16.5. The molecule has 3 rings (SSSR count). The summed E-state index contributed by atoms with van der Waals surface area (Å²) in [6, 6.07) is 15.9. The van der Waals surface area contributed by atoms with E-state index in [2.05, 4.69) is 16.7 Å². The third-order valence-electron chi connectivity index (χ3n) is 4.36. The Bertz CT molecular complexity index is 773. The van der Waals surface area contributed by atoms with Gasteiger partial charge in [-0.05, 0) is 74.2 Å². The fourth-order valence-corrected chi connectivity index (χ4v) is 2.91. The molecule has 0 bridgehead atoms. The highest BCUT2D eigenvalue weighted by Gasteiger charge is 2.20. The number of benzene rings is 2. The second kappa shape index (κ2) is 8.37. The lowest BCUT2D eigenvalue weighted by Crippen LogP contribution is -2.40. The maximum atomic E-state index is 12.1. The van der Waals surface area contributed by atoms with Crippen molar-refractivity contribution in [2.45, 2.75) is 37.8 Å². The molecule has 0 atom stereocenters. The molecule has 134 valence electrons. The number of carbonyl (C=O) groups is 1. The Hall–Kier alpha value is -3.04. The molecule has 2 aromatic carbocycles. The molecule has 3 N–H and O–H groups in total. The molecule has 2 aromatic rings. The summed E-state index contributed by atoms with van der Waals surface area (Å²) in [5.41, 5.74) is 1.25. The van der Waals surface area contributed by atoms with Crippen molar-refractivity contribution < 1.29 is 14.6 Å². The van der Waals surface area contributed by atoms with Crippen molar-refractivity contribution in [3.05, 3.63) is 54.1 Å². The first-order chi connectivity index (χ1) is 12.6. The number of amides is 2. The van der Waals surface area contributed by atoms with Crippen LogP contribution in [0.4, 0.5) is 10.5 Å². The maximum Gasteiger partial charge on any atom is 0.319 e. The van der Waals surface area contributed by atoms with Gasteiger partial charge in [-0.15, -0.1) is 0 Å². The van der Waals surface area contributed by atoms with Crippen molar-refractivity contribution in [2.75, 3.05) is 5.32 Å². The SMILES string of the molecule is N#Cc1ccc(Oc2ccc(NC(=O)NC3CCC(O)CC3)cc2)cc1. The standard InChI is InChI=1S/C20H21N3O3/c21-13-14-1-9-18(10-2-14)26-19-11-5-16(6-12-19)23-20(25)22-15-3-7-17(24)8-4-15/h1-2,5-6,9-12,15,17,24H,3-4,7-8H2,(H2,22,23,25). The van der Waals surface area contributed by atoms with Crippen LogP contribution in [-0.2, 0) is 0 Å². The number of anilines is 1. The summed E-state index contributed by atoms with van der Waals surface area (Å²) in [6.45, 7) is 0. The van der Waals surface area contributed by atoms with E-state index in [1.54, 1.807) is 48.5 Å². The molecule has 0 spiro atoms. The van der Waals surface area contributed by atoms with Crippen molar-refractivity contribution in [3.63, 3.8) is 0 Å². The zero-order chi connectivity index (χ0) is 18.4. The smallest absolute Gasteiger partial charge is 0.319 e. The molecule has 0 aromatic heterocycles. The van der Waals surface area contributed by atoms with Gasteiger partial charge in [0, 0.05) is 11.7 Å². The van der Waals surface area contributed by atoms with Gasteiger partial charge in [0.2, 0.25) is 0 Å². The van der Waals surface area contributed by atoms with Gasteiger partial charge < -0.3 is 20.5 Å². The fourth-order valence-electron chi connectivity index (χ4n) is 2.91. The maximum absolute atomic E-state index is 12.1. The number of aliphatic hydroxyl groups excluding tert-OH is 1. The number of carbonyl (C=O) groups excluding carboxylic acids is 1. The van der Waals surface area contributed by atoms with E-state index in [0.29, 0.717) is 22.7 Å². The number of nitrogens with one attached hydrogen (secondary N) is 2. The third kappa shape index (κ3) is 4.98. The van der Waals surface area contributed by atoms with E-state index in [0.717, 1.165) is 25.7 Å². The molecule has 0 unspecified atom stereocenters. The van der Waals surface area contributed by atoms with E-state index < -0.39 is 0 Å². The lowest BCUT2D eigenvalue weighted by molar-refractivity contribution is 0.118. The number of hydrogen-bond acceptors (Lipinski definition) is 4. The number of rotatable bonds is 4. The predicted molar refractivity (Wildman–Crippen MR) is 98.1 cm³/mol. The molecule has 0 heterocycles. The first-order valence-electron chi connectivity index (χ1n) is 8.66. The zero-order valence-electron chi connectivity index (χ0n) is 14.3. The fraction of sp³-hybridized carbons (Fsp3) is 0.300. The van der Waals surface area contributed by atoms with Crippen molar-refractivity contribution in [1.82, 2.24) is 5.32 Å². The van der Waals surface area contributed by atoms with Crippen LogP contribution in [0.15, 0.2) is 48.5 Å². The molecule has 6 heteroatoms. The minimum atomic E-state index is -0.243. The summed E-state index contributed by atoms with van der Waals surface area (Å²) in [5, 5.41) is 24.0. The molecular formula is C20H21N3O3. The van der Waals surface area contributed by atoms with E-state index in [-0.39, 0.29) is 18.2 Å². The van der Waals surface area contributed by atoms with Crippen LogP contribution in [0, 0.1) is 11.3 Å². The van der Waals surface area contributed by atoms with E-state index >= 15 is 0 Å². The Morgan fingerprint density at radius 1 is 1.00 bits per heavy atom. The summed E-state index contributed by atoms with van der Waals surface area (Å²) >= 11 is 0. The number of ether oxygens (including phenoxy) is 1. The lowest BCUT2D eigenvalue weighted by atomic mass is 9.93. The lowest BCUT2D eigenvalue weighted by Gasteiger charge is -2.26. The zero-order valence-corrected chi connectivity index (χ0v) is 14.3. The highest BCUT2D eigenvalue weighted by Crippen LogP contribution is 2.23. The van der Waals surface area contributed by atoms with E-state index in [9.17, 15) is 9.90 Å². The molecule has 0 aliphatic heterocycles. The Kier molecular flexibility index (Phi) is 5.72. The predicted octanol–water partition coefficient (Wildman–Crippen LogP) is 3.78. The average Bonchev–Trinajstić information content (AvgIpc) is 2.66. The molecular weight excluding hydrogens is 330 g/mol. The normalized spacial score (nSPS) is 19.2. The summed E-state index contributed by atoms with van der Waals surface area (Å²) < 4.78 is 5.71. The molecule has 2 amide bonds. The van der Waals surface area contributed by atoms with E-state index in [1.807, 2.05) is 0 Å². The van der Waals surface area contributed by atoms with Gasteiger partial charge in [-0.2, -0.15) is 5.26 Å². The van der Waals surface area contributed by atoms with Crippen molar-refractivity contribution >= 4 is 11.7 Å². The van der Waals surface area contributed by atoms with Crippen LogP contribution in [0.2, 0.25) is 0 Å². The van der Waals surface area contributed by atoms with Crippen molar-refractivity contribution in [3.8, 4) is 17.6 Å². The van der Waals surface area contributed by atoms with Crippen LogP contribution in [0.5, 0.6) is 11.5 Å². The third-order valence-corrected chi connectivity index (χ3v) is 4.36. The number of hydrogen-bond donors (Lipinski definition) is 3. The van der Waals surface area contributed by atoms with Crippen LogP contribution >= 0.6 is 0 Å². The monoisotopic (exact) mass is 351 g/mol. The van der Waals surface area contributed by atoms with Gasteiger partial charge in [0.1, 0.15) is 11.5 Å². The number of urea groups is 1. The van der Waals surface area contributed by atoms with Crippen LogP contribution in [-0.4, -0.2) is 23.3 Å². The summed E-state index contributed by atoms with van der Waals surface area (Å²) in [4.78, 5) is 12.1. The summed E-state index contributed by atoms with van der Waals surface area (Å²) in [5.74, 6) is 1.28. The van der Waals surface area contributed by atoms with Crippen LogP contribution in [0.3, 0.4) is 0 Å². The first kappa shape index (κ1) is 17.8. The quantitative estimate of drug-likeness (QED) is 0.781. The Morgan fingerprint density at radius 3 is 2.15 bits per heavy atom. The molecule has 1 fully saturated rings. The second-order valence-corrected chi connectivity index (χ2v) is 6.37. The van der Waals surface area contributed by atoms with Gasteiger partial charge in [0.15, 0.2) is 0 Å². The summed E-state index contributed by atoms with van der Waals surface area (Å²) in [7, 11) is 0. The van der Waals surface area contributed by atoms with Crippen molar-refractivity contribution in [2.24, 2.45) is 0 Å². The van der Waals surface area contributed by atoms with Crippen LogP contribution in [0.25, 0.3) is 0 Å². The topological polar surface area (TPSA) is 94.4 Å². The van der Waals surface area contributed by atoms with Gasteiger partial charge >= 0.3 is 6.03 Å². The van der Waals surface area contributed by atoms with Crippen molar-refractivity contribution in [1.29, 1.82) is 5.26 Å². The molecule has 0 saturated heterocycles. The molecule has 1 saturated carbocycles. The van der Waals surface area contributed by atoms with Gasteiger partial charge in [0.25, 0.3) is 0 Å². The van der Waals surface area contributed by atoms with Gasteiger partial charge in [-0.1, -0.05) is 0 Å². The highest BCUT2D eigenvalue weighted by molar-refractivity contribution is 5.89. The molecule has 26 heavy (non-hydrogen) atoms. The molecule has 1 aliphatic carbocycles. The number of aliphatic hydroxyl groups is 1. The van der Waals surface area contributed by atoms with E-state index in [4.69, 9.17) is 10.00 Å². The Morgan fingerprint density at radius 2 is 1.58 bits per heavy atom. The van der Waals surface area contributed by atoms with Gasteiger partial charge in [-0.3, -0.25) is 0 Å². The summed E-state index contributed by atoms with van der Waals surface area (Å²) in [6.07, 6.45) is 2.82. The number of nitriles is 1. The van der Waals surface area contributed by atoms with E-state index in [1.165, 1.54) is 0 Å². The van der Waals surface area contributed by atoms with Crippen LogP contribution in [0.1, 0.15) is 31.2 Å². The molecule has 0 radical (unpaired) electrons. The average molecular weight is 351 g/mol. The molecule has 1 aliphatic rings. The Balaban J connectivity index is 1.50. The van der Waals surface area contributed by atoms with Crippen LogP contribution < -0.4 is 15.4 Å². The molecule has 6 nitrogen and oxygen atoms in total. The van der Waals surface area contributed by atoms with Gasteiger partial charge in [-0.25, -0.2) is 4.79 Å². The Labute approximate surface area is 152 Å². The largest absolute Gasteiger partial charge is 0.457 e.